The molecule has 0 aromatic carbocycles. The molecule has 0 heterocycles. The van der Waals surface area contributed by atoms with Crippen LogP contribution in [0.4, 0.5) is 0 Å². The van der Waals surface area contributed by atoms with Crippen molar-refractivity contribution in [1.82, 2.24) is 0 Å². The second kappa shape index (κ2) is 28.1. The van der Waals surface area contributed by atoms with Gasteiger partial charge in [0.05, 0.1) is 11.9 Å². The van der Waals surface area contributed by atoms with Crippen LogP contribution in [0.25, 0.3) is 0 Å². The van der Waals surface area contributed by atoms with E-state index in [-0.39, 0.29) is 84.3 Å². The standard InChI is InChI=1S/BrH.Ca.ClHO.Na.3H/c;;1-2;;;;/h1H;;2H;;;;. The topological polar surface area (TPSA) is 20.2 Å². The van der Waals surface area contributed by atoms with E-state index in [4.69, 9.17) is 4.66 Å². The quantitative estimate of drug-likeness (QED) is 0.504. The van der Waals surface area contributed by atoms with Crippen LogP contribution in [0, 0.1) is 0 Å². The Bertz CT molecular complexity index is 11.6. The van der Waals surface area contributed by atoms with Crippen molar-refractivity contribution < 1.29 is 4.66 Å². The molecular formula is H5BrCaClNaO. The minimum atomic E-state index is 0. The number of rotatable bonds is 0. The van der Waals surface area contributed by atoms with Gasteiger partial charge in [0.15, 0.2) is 0 Å². The average molecular weight is 199 g/mol. The third-order valence-corrected chi connectivity index (χ3v) is 0. The van der Waals surface area contributed by atoms with Crippen molar-refractivity contribution in [2.24, 2.45) is 0 Å². The van der Waals surface area contributed by atoms with E-state index < -0.39 is 0 Å². The molecule has 5 heavy (non-hydrogen) atoms. The van der Waals surface area contributed by atoms with Gasteiger partial charge in [0.2, 0.25) is 0 Å². The van der Waals surface area contributed by atoms with E-state index in [0.29, 0.717) is 0 Å². The van der Waals surface area contributed by atoms with E-state index >= 15 is 0 Å². The third-order valence-electron chi connectivity index (χ3n) is 0. The van der Waals surface area contributed by atoms with Crippen molar-refractivity contribution in [3.05, 3.63) is 0 Å². The van der Waals surface area contributed by atoms with Gasteiger partial charge in [-0.05, 0) is 0 Å². The van der Waals surface area contributed by atoms with Gasteiger partial charge in [0, 0.05) is 0 Å². The van der Waals surface area contributed by atoms with Crippen LogP contribution in [-0.4, -0.2) is 72.0 Å². The SMILES string of the molecule is Br.OCl.[CaH2].[NaH]. The van der Waals surface area contributed by atoms with E-state index in [9.17, 15) is 0 Å². The van der Waals surface area contributed by atoms with E-state index in [1.54, 1.807) is 0 Å². The van der Waals surface area contributed by atoms with Gasteiger partial charge in [0.1, 0.15) is 0 Å². The molecule has 0 aromatic heterocycles. The monoisotopic (exact) mass is 198 g/mol. The fourth-order valence-electron chi connectivity index (χ4n) is 0. The zero-order chi connectivity index (χ0) is 2.00. The molecule has 0 aromatic rings. The first kappa shape index (κ1) is 24.5. The van der Waals surface area contributed by atoms with Crippen LogP contribution in [0.5, 0.6) is 0 Å². The van der Waals surface area contributed by atoms with Crippen LogP contribution >= 0.6 is 28.8 Å². The molecule has 1 nitrogen and oxygen atoms in total. The Labute approximate surface area is 98.7 Å². The molecule has 0 aliphatic rings. The molecule has 0 aliphatic heterocycles. The third kappa shape index (κ3) is 19.5. The Morgan fingerprint density at radius 2 is 1.20 bits per heavy atom. The van der Waals surface area contributed by atoms with E-state index in [0.717, 1.165) is 0 Å². The molecule has 0 saturated carbocycles. The summed E-state index contributed by atoms with van der Waals surface area (Å²) >= 11 is 3.64. The molecule has 0 saturated heterocycles. The van der Waals surface area contributed by atoms with Crippen molar-refractivity contribution >= 4 is 96.1 Å². The summed E-state index contributed by atoms with van der Waals surface area (Å²) in [5.74, 6) is 0. The van der Waals surface area contributed by atoms with Gasteiger partial charge in [0.25, 0.3) is 0 Å². The minimum absolute atomic E-state index is 0. The van der Waals surface area contributed by atoms with Crippen LogP contribution in [0.2, 0.25) is 0 Å². The van der Waals surface area contributed by atoms with Crippen molar-refractivity contribution in [1.29, 1.82) is 0 Å². The normalized spacial score (nSPS) is 1.20. The summed E-state index contributed by atoms with van der Waals surface area (Å²) < 4.78 is 6.47. The van der Waals surface area contributed by atoms with Gasteiger partial charge in [-0.15, -0.1) is 17.0 Å². The second-order valence-corrected chi connectivity index (χ2v) is 0. The molecule has 0 radical (unpaired) electrons. The number of hydrogen-bond acceptors (Lipinski definition) is 1. The molecule has 1 N–H and O–H groups in total. The predicted molar refractivity (Wildman–Crippen MR) is 34.1 cm³/mol. The fraction of sp³-hybridized carbons (Fsp3) is 0. The van der Waals surface area contributed by atoms with Gasteiger partial charge >= 0.3 is 67.3 Å². The van der Waals surface area contributed by atoms with Gasteiger partial charge in [-0.2, -0.15) is 0 Å². The summed E-state index contributed by atoms with van der Waals surface area (Å²) in [5, 5.41) is 0. The number of halogens is 2. The maximum absolute atomic E-state index is 6.47. The van der Waals surface area contributed by atoms with Crippen molar-refractivity contribution in [2.45, 2.75) is 0 Å². The predicted octanol–water partition coefficient (Wildman–Crippen LogP) is -0.854. The summed E-state index contributed by atoms with van der Waals surface area (Å²) in [6.45, 7) is 0. The maximum atomic E-state index is 6.47. The van der Waals surface area contributed by atoms with E-state index in [2.05, 4.69) is 11.9 Å². The molecular weight excluding hydrogens is 194 g/mol. The van der Waals surface area contributed by atoms with Crippen LogP contribution < -0.4 is 0 Å². The Morgan fingerprint density at radius 3 is 1.20 bits per heavy atom. The van der Waals surface area contributed by atoms with Crippen molar-refractivity contribution in [3.8, 4) is 0 Å². The van der Waals surface area contributed by atoms with Gasteiger partial charge in [-0.3, -0.25) is 4.66 Å². The fourth-order valence-corrected chi connectivity index (χ4v) is 0. The van der Waals surface area contributed by atoms with Crippen molar-refractivity contribution in [2.75, 3.05) is 0 Å². The van der Waals surface area contributed by atoms with Crippen LogP contribution in [0.1, 0.15) is 0 Å². The Kier molecular flexibility index (Phi) is 138. The summed E-state index contributed by atoms with van der Waals surface area (Å²) in [5.41, 5.74) is 0. The molecule has 0 atom stereocenters. The Hall–Kier alpha value is 2.99. The molecule has 0 amide bonds. The van der Waals surface area contributed by atoms with Gasteiger partial charge in [-0.25, -0.2) is 0 Å². The number of hydrogen-bond donors (Lipinski definition) is 1. The summed E-state index contributed by atoms with van der Waals surface area (Å²) in [6.07, 6.45) is 0. The summed E-state index contributed by atoms with van der Waals surface area (Å²) in [7, 11) is 0. The molecule has 0 aliphatic carbocycles. The zero-order valence-electron chi connectivity index (χ0n) is 1.23. The Balaban J connectivity index is -0.00000000167. The molecule has 0 spiro atoms. The molecule has 28 valence electrons. The van der Waals surface area contributed by atoms with E-state index in [1.165, 1.54) is 0 Å². The summed E-state index contributed by atoms with van der Waals surface area (Å²) in [4.78, 5) is 0. The first-order chi connectivity index (χ1) is 1.00. The molecule has 0 unspecified atom stereocenters. The van der Waals surface area contributed by atoms with Crippen LogP contribution in [0.15, 0.2) is 0 Å². The average Bonchev–Trinajstić information content (AvgIpc) is 1.00. The van der Waals surface area contributed by atoms with Gasteiger partial charge < -0.3 is 0 Å². The van der Waals surface area contributed by atoms with Gasteiger partial charge in [-0.1, -0.05) is 0 Å². The first-order valence-corrected chi connectivity index (χ1v) is 0.507. The molecule has 0 bridgehead atoms. The van der Waals surface area contributed by atoms with E-state index in [1.807, 2.05) is 0 Å². The van der Waals surface area contributed by atoms with Crippen molar-refractivity contribution in [3.63, 3.8) is 0 Å². The van der Waals surface area contributed by atoms with Crippen LogP contribution in [-0.2, 0) is 0 Å². The molecule has 0 rings (SSSR count). The second-order valence-electron chi connectivity index (χ2n) is 0. The molecule has 5 heteroatoms. The Morgan fingerprint density at radius 1 is 1.20 bits per heavy atom. The molecule has 0 fully saturated rings. The zero-order valence-corrected chi connectivity index (χ0v) is 3.70. The first-order valence-electron chi connectivity index (χ1n) is 0.169. The van der Waals surface area contributed by atoms with Crippen LogP contribution in [0.3, 0.4) is 0 Å². The summed E-state index contributed by atoms with van der Waals surface area (Å²) in [6, 6.07) is 0.